The Morgan fingerprint density at radius 1 is 1.00 bits per heavy atom. The molecule has 3 N–H and O–H groups in total. The van der Waals surface area contributed by atoms with E-state index in [0.717, 1.165) is 0 Å². The fourth-order valence-corrected chi connectivity index (χ4v) is 12.3. The number of nitrogens with zero attached hydrogens (tertiary/aromatic N) is 1. The molecule has 15 atom stereocenters. The SMILES string of the molecule is CCN1C[C@]2(COC)[C@H](O)C[C@H](OC)C34[C@@H]5C[C@@]6(O)[C@H](OC(=O)c7ccccc7)[C@@H]5[C@@](OC(C)=O)(C([C@H](OC)[C@@H]32)[C@@H]14)[C@@H](O)[C@@H]6OC. The summed E-state index contributed by atoms with van der Waals surface area (Å²) in [4.78, 5) is 29.3. The Balaban J connectivity index is 1.53. The van der Waals surface area contributed by atoms with E-state index in [2.05, 4.69) is 4.90 Å². The van der Waals surface area contributed by atoms with E-state index in [-0.39, 0.29) is 25.0 Å². The number of benzene rings is 1. The average molecular weight is 646 g/mol. The highest BCUT2D eigenvalue weighted by Crippen LogP contribution is 2.80. The minimum atomic E-state index is -1.83. The van der Waals surface area contributed by atoms with Crippen LogP contribution in [0.4, 0.5) is 0 Å². The van der Waals surface area contributed by atoms with Gasteiger partial charge < -0.3 is 43.7 Å². The molecule has 46 heavy (non-hydrogen) atoms. The molecule has 1 spiro atoms. The number of methoxy groups -OCH3 is 4. The van der Waals surface area contributed by atoms with Gasteiger partial charge in [-0.1, -0.05) is 25.1 Å². The molecule has 7 bridgehead atoms. The second kappa shape index (κ2) is 10.9. The van der Waals surface area contributed by atoms with Crippen molar-refractivity contribution in [3.63, 3.8) is 0 Å². The van der Waals surface area contributed by atoms with Crippen molar-refractivity contribution in [2.24, 2.45) is 34.5 Å². The van der Waals surface area contributed by atoms with Crippen LogP contribution < -0.4 is 0 Å². The predicted molar refractivity (Wildman–Crippen MR) is 160 cm³/mol. The first-order valence-corrected chi connectivity index (χ1v) is 16.3. The zero-order chi connectivity index (χ0) is 33.0. The number of carbonyl (C=O) groups excluding carboxylic acids is 2. The number of aliphatic hydroxyl groups excluding tert-OH is 2. The third kappa shape index (κ3) is 3.62. The molecule has 0 amide bonds. The van der Waals surface area contributed by atoms with Gasteiger partial charge in [0.15, 0.2) is 5.60 Å². The zero-order valence-electron chi connectivity index (χ0n) is 27.3. The molecule has 12 nitrogen and oxygen atoms in total. The van der Waals surface area contributed by atoms with E-state index in [0.29, 0.717) is 25.1 Å². The Hall–Kier alpha value is -2.16. The molecule has 1 heterocycles. The summed E-state index contributed by atoms with van der Waals surface area (Å²) in [7, 11) is 6.27. The van der Waals surface area contributed by atoms with Crippen LogP contribution in [0.3, 0.4) is 0 Å². The quantitative estimate of drug-likeness (QED) is 0.323. The average Bonchev–Trinajstić information content (AvgIpc) is 3.41. The van der Waals surface area contributed by atoms with Crippen molar-refractivity contribution in [2.75, 3.05) is 48.1 Å². The summed E-state index contributed by atoms with van der Waals surface area (Å²) in [5.41, 5.74) is -4.79. The van der Waals surface area contributed by atoms with E-state index >= 15 is 0 Å². The maximum absolute atomic E-state index is 13.8. The molecular formula is C34H47NO11. The van der Waals surface area contributed by atoms with E-state index in [9.17, 15) is 24.9 Å². The highest BCUT2D eigenvalue weighted by Gasteiger charge is 2.92. The fourth-order valence-electron chi connectivity index (χ4n) is 12.3. The van der Waals surface area contributed by atoms with Crippen molar-refractivity contribution in [3.8, 4) is 0 Å². The van der Waals surface area contributed by atoms with Gasteiger partial charge >= 0.3 is 11.9 Å². The first kappa shape index (κ1) is 32.4. The van der Waals surface area contributed by atoms with Crippen LogP contribution >= 0.6 is 0 Å². The molecule has 5 saturated carbocycles. The Morgan fingerprint density at radius 3 is 2.30 bits per heavy atom. The highest BCUT2D eigenvalue weighted by molar-refractivity contribution is 5.89. The number of piperidine rings is 1. The predicted octanol–water partition coefficient (Wildman–Crippen LogP) is 0.648. The van der Waals surface area contributed by atoms with E-state index in [4.69, 9.17) is 28.4 Å². The Bertz CT molecular complexity index is 1360. The lowest BCUT2D eigenvalue weighted by Crippen LogP contribution is -2.81. The molecule has 1 aromatic rings. The number of carbonyl (C=O) groups is 2. The molecule has 7 rings (SSSR count). The minimum absolute atomic E-state index is 0.0791. The van der Waals surface area contributed by atoms with Crippen LogP contribution in [0.15, 0.2) is 30.3 Å². The summed E-state index contributed by atoms with van der Waals surface area (Å²) in [6.07, 6.45) is -5.49. The molecule has 0 aromatic heterocycles. The summed E-state index contributed by atoms with van der Waals surface area (Å²) in [6, 6.07) is 8.18. The van der Waals surface area contributed by atoms with Crippen LogP contribution in [-0.2, 0) is 33.2 Å². The normalized spacial score (nSPS) is 49.9. The maximum atomic E-state index is 13.8. The van der Waals surface area contributed by atoms with Crippen molar-refractivity contribution >= 4 is 11.9 Å². The van der Waals surface area contributed by atoms with Gasteiger partial charge in [0.25, 0.3) is 0 Å². The molecule has 6 aliphatic rings. The Labute approximate surface area is 269 Å². The molecular weight excluding hydrogens is 598 g/mol. The van der Waals surface area contributed by atoms with Crippen LogP contribution in [0.5, 0.6) is 0 Å². The van der Waals surface area contributed by atoms with Gasteiger partial charge in [-0.3, -0.25) is 9.69 Å². The summed E-state index contributed by atoms with van der Waals surface area (Å²) in [6.45, 7) is 4.68. The lowest BCUT2D eigenvalue weighted by molar-refractivity contribution is -0.322. The molecule has 5 aliphatic carbocycles. The second-order valence-electron chi connectivity index (χ2n) is 14.4. The molecule has 12 heteroatoms. The van der Waals surface area contributed by atoms with E-state index in [1.54, 1.807) is 51.7 Å². The third-order valence-corrected chi connectivity index (χ3v) is 13.2. The minimum Gasteiger partial charge on any atom is -0.455 e. The van der Waals surface area contributed by atoms with Crippen LogP contribution in [0, 0.1) is 34.5 Å². The monoisotopic (exact) mass is 645 g/mol. The van der Waals surface area contributed by atoms with Gasteiger partial charge in [-0.05, 0) is 31.0 Å². The van der Waals surface area contributed by atoms with Crippen molar-refractivity contribution in [2.45, 2.75) is 80.6 Å². The van der Waals surface area contributed by atoms with Crippen molar-refractivity contribution < 1.29 is 53.3 Å². The molecule has 1 saturated heterocycles. The van der Waals surface area contributed by atoms with E-state index in [1.165, 1.54) is 14.0 Å². The number of rotatable bonds is 9. The van der Waals surface area contributed by atoms with Gasteiger partial charge in [0.2, 0.25) is 0 Å². The largest absolute Gasteiger partial charge is 0.455 e. The number of hydrogen-bond acceptors (Lipinski definition) is 12. The summed E-state index contributed by atoms with van der Waals surface area (Å²) in [5.74, 6) is -3.65. The lowest BCUT2D eigenvalue weighted by atomic mass is 9.42. The highest BCUT2D eigenvalue weighted by atomic mass is 16.6. The number of esters is 2. The molecule has 6 fully saturated rings. The molecule has 1 aromatic carbocycles. The van der Waals surface area contributed by atoms with Crippen LogP contribution in [0.1, 0.15) is 37.0 Å². The Morgan fingerprint density at radius 2 is 1.72 bits per heavy atom. The second-order valence-corrected chi connectivity index (χ2v) is 14.4. The van der Waals surface area contributed by atoms with Crippen LogP contribution in [0.2, 0.25) is 0 Å². The summed E-state index contributed by atoms with van der Waals surface area (Å²) >= 11 is 0. The molecule has 254 valence electrons. The number of hydrogen-bond donors (Lipinski definition) is 3. The summed E-state index contributed by atoms with van der Waals surface area (Å²) in [5, 5.41) is 37.3. The summed E-state index contributed by atoms with van der Waals surface area (Å²) < 4.78 is 37.4. The van der Waals surface area contributed by atoms with Gasteiger partial charge in [0.1, 0.15) is 23.9 Å². The van der Waals surface area contributed by atoms with Crippen molar-refractivity contribution in [1.29, 1.82) is 0 Å². The zero-order valence-corrected chi connectivity index (χ0v) is 27.3. The first-order valence-electron chi connectivity index (χ1n) is 16.3. The van der Waals surface area contributed by atoms with Crippen LogP contribution in [0.25, 0.3) is 0 Å². The molecule has 0 radical (unpaired) electrons. The van der Waals surface area contributed by atoms with E-state index in [1.807, 2.05) is 6.92 Å². The fraction of sp³-hybridized carbons (Fsp3) is 0.765. The van der Waals surface area contributed by atoms with Crippen molar-refractivity contribution in [3.05, 3.63) is 35.9 Å². The number of fused-ring (bicyclic) bond motifs is 2. The first-order chi connectivity index (χ1) is 22.0. The maximum Gasteiger partial charge on any atom is 0.338 e. The van der Waals surface area contributed by atoms with Gasteiger partial charge in [-0.15, -0.1) is 0 Å². The standard InChI is InChI=1S/C34H47NO11/c1-7-35-15-31(16-41-3)20(37)13-21(42-4)33-19-14-32(40)28(45-30(39)18-11-9-8-10-12-18)22(19)34(46-17(2)36,27(38)29(32)44-6)23(26(33)35)24(43-5)25(31)33/h8-12,19-29,37-38,40H,7,13-16H2,1-6H3/t19-,20-,21+,22-,23?,24+,25-,26-,27+,28-,29+,31+,32-,33?,34-/m1/s1. The number of aliphatic hydroxyl groups is 3. The lowest BCUT2D eigenvalue weighted by Gasteiger charge is -2.70. The van der Waals surface area contributed by atoms with Gasteiger partial charge in [-0.2, -0.15) is 0 Å². The Kier molecular flexibility index (Phi) is 7.69. The van der Waals surface area contributed by atoms with Crippen LogP contribution in [-0.4, -0.2) is 134 Å². The topological polar surface area (TPSA) is 153 Å². The van der Waals surface area contributed by atoms with Gasteiger partial charge in [0.05, 0.1) is 30.5 Å². The van der Waals surface area contributed by atoms with Crippen molar-refractivity contribution in [1.82, 2.24) is 4.90 Å². The molecule has 2 unspecified atom stereocenters. The number of likely N-dealkylation sites (tertiary alicyclic amines) is 1. The smallest absolute Gasteiger partial charge is 0.338 e. The third-order valence-electron chi connectivity index (χ3n) is 13.2. The van der Waals surface area contributed by atoms with Gasteiger partial charge in [-0.25, -0.2) is 4.79 Å². The van der Waals surface area contributed by atoms with Gasteiger partial charge in [0, 0.05) is 83.0 Å². The van der Waals surface area contributed by atoms with E-state index < -0.39 is 88.3 Å². The molecule has 1 aliphatic heterocycles. The number of ether oxygens (including phenoxy) is 6.